The highest BCUT2D eigenvalue weighted by Crippen LogP contribution is 2.39. The van der Waals surface area contributed by atoms with Crippen LogP contribution in [0.3, 0.4) is 0 Å². The van der Waals surface area contributed by atoms with Gasteiger partial charge in [-0.2, -0.15) is 0 Å². The molecule has 1 fully saturated rings. The lowest BCUT2D eigenvalue weighted by molar-refractivity contribution is 0.0631. The molecule has 35 heavy (non-hydrogen) atoms. The lowest BCUT2D eigenvalue weighted by Crippen LogP contribution is -2.54. The average molecular weight is 529 g/mol. The summed E-state index contributed by atoms with van der Waals surface area (Å²) in [5.41, 5.74) is 12.8. The van der Waals surface area contributed by atoms with Crippen LogP contribution in [-0.4, -0.2) is 41.5 Å². The summed E-state index contributed by atoms with van der Waals surface area (Å²) in [5, 5.41) is 3.47. The van der Waals surface area contributed by atoms with Gasteiger partial charge in [0.1, 0.15) is 5.69 Å². The number of amides is 1. The quantitative estimate of drug-likeness (QED) is 0.321. The van der Waals surface area contributed by atoms with E-state index in [2.05, 4.69) is 62.6 Å². The Morgan fingerprint density at radius 2 is 1.66 bits per heavy atom. The van der Waals surface area contributed by atoms with Crippen LogP contribution in [0.2, 0.25) is 0 Å². The number of carbonyl (C=O) groups is 1. The minimum absolute atomic E-state index is 0.0160. The van der Waals surface area contributed by atoms with E-state index < -0.39 is 0 Å². The Labute approximate surface area is 214 Å². The Kier molecular flexibility index (Phi) is 7.13. The van der Waals surface area contributed by atoms with Crippen LogP contribution in [0.25, 0.3) is 22.3 Å². The molecule has 0 spiro atoms. The minimum atomic E-state index is 0.0160. The first-order chi connectivity index (χ1) is 17.2. The summed E-state index contributed by atoms with van der Waals surface area (Å²) >= 11 is 3.60. The van der Waals surface area contributed by atoms with Gasteiger partial charge in [0.05, 0.1) is 0 Å². The molecule has 1 aliphatic heterocycles. The number of aromatic nitrogens is 1. The molecule has 0 saturated carbocycles. The molecule has 0 unspecified atom stereocenters. The second-order valence-electron chi connectivity index (χ2n) is 8.86. The van der Waals surface area contributed by atoms with E-state index in [1.165, 1.54) is 5.56 Å². The topological polar surface area (TPSA) is 74.2 Å². The summed E-state index contributed by atoms with van der Waals surface area (Å²) in [6.07, 6.45) is 0.809. The molecule has 1 amide bonds. The SMILES string of the molecule is NCc1[nH]c(C(=O)N2CCNC[C@H]2Cc2ccccc2)c(-c2ccccc2)c1-c1cccc(Br)c1. The number of halogens is 1. The highest BCUT2D eigenvalue weighted by Gasteiger charge is 2.32. The average Bonchev–Trinajstić information content (AvgIpc) is 3.30. The van der Waals surface area contributed by atoms with Crippen molar-refractivity contribution in [3.63, 3.8) is 0 Å². The Bertz CT molecular complexity index is 1300. The molecule has 5 rings (SSSR count). The largest absolute Gasteiger partial charge is 0.352 e. The van der Waals surface area contributed by atoms with Crippen molar-refractivity contribution in [2.75, 3.05) is 19.6 Å². The van der Waals surface area contributed by atoms with E-state index in [0.717, 1.165) is 51.9 Å². The van der Waals surface area contributed by atoms with Gasteiger partial charge in [-0.3, -0.25) is 4.79 Å². The summed E-state index contributed by atoms with van der Waals surface area (Å²) in [6.45, 7) is 2.52. The number of nitrogens with two attached hydrogens (primary N) is 1. The molecule has 1 atom stereocenters. The van der Waals surface area contributed by atoms with Gasteiger partial charge in [0.25, 0.3) is 5.91 Å². The predicted octanol–water partition coefficient (Wildman–Crippen LogP) is 5.23. The van der Waals surface area contributed by atoms with Crippen molar-refractivity contribution in [3.05, 3.63) is 106 Å². The number of aromatic amines is 1. The van der Waals surface area contributed by atoms with Gasteiger partial charge >= 0.3 is 0 Å². The van der Waals surface area contributed by atoms with Gasteiger partial charge < -0.3 is 20.9 Å². The first-order valence-corrected chi connectivity index (χ1v) is 12.8. The van der Waals surface area contributed by atoms with Crippen molar-refractivity contribution in [1.82, 2.24) is 15.2 Å². The fourth-order valence-electron chi connectivity index (χ4n) is 4.96. The lowest BCUT2D eigenvalue weighted by Gasteiger charge is -2.36. The molecule has 0 radical (unpaired) electrons. The molecular formula is C29H29BrN4O. The van der Waals surface area contributed by atoms with Gasteiger partial charge in [-0.05, 0) is 35.2 Å². The zero-order valence-corrected chi connectivity index (χ0v) is 21.1. The van der Waals surface area contributed by atoms with Crippen molar-refractivity contribution in [2.45, 2.75) is 19.0 Å². The molecule has 0 bridgehead atoms. The molecular weight excluding hydrogens is 500 g/mol. The molecule has 4 aromatic rings. The number of H-pyrrole nitrogens is 1. The van der Waals surface area contributed by atoms with Crippen LogP contribution < -0.4 is 11.1 Å². The maximum atomic E-state index is 14.2. The third-order valence-corrected chi connectivity index (χ3v) is 7.09. The Morgan fingerprint density at radius 1 is 0.943 bits per heavy atom. The summed E-state index contributed by atoms with van der Waals surface area (Å²) in [5.74, 6) is 0.0160. The standard InChI is InChI=1S/C29H29BrN4O/c30-23-13-7-12-22(17-23)26-25(18-31)33-28(27(26)21-10-5-2-6-11-21)29(35)34-15-14-32-19-24(34)16-20-8-3-1-4-9-20/h1-13,17,24,32-33H,14-16,18-19,31H2/t24-/m1/s1. The number of nitrogens with one attached hydrogen (secondary N) is 2. The normalized spacial score (nSPS) is 15.8. The maximum Gasteiger partial charge on any atom is 0.271 e. The number of nitrogens with zero attached hydrogens (tertiary/aromatic N) is 1. The van der Waals surface area contributed by atoms with Gasteiger partial charge in [-0.1, -0.05) is 88.7 Å². The molecule has 4 N–H and O–H groups in total. The number of rotatable bonds is 6. The Morgan fingerprint density at radius 3 is 2.37 bits per heavy atom. The Hall–Kier alpha value is -3.19. The van der Waals surface area contributed by atoms with E-state index in [1.807, 2.05) is 53.4 Å². The molecule has 2 heterocycles. The van der Waals surface area contributed by atoms with Crippen LogP contribution in [-0.2, 0) is 13.0 Å². The second-order valence-corrected chi connectivity index (χ2v) is 9.77. The van der Waals surface area contributed by atoms with E-state index in [1.54, 1.807) is 0 Å². The van der Waals surface area contributed by atoms with Gasteiger partial charge in [0.15, 0.2) is 0 Å². The summed E-state index contributed by atoms with van der Waals surface area (Å²) in [6, 6.07) is 28.7. The molecule has 178 valence electrons. The molecule has 1 aliphatic rings. The van der Waals surface area contributed by atoms with E-state index in [0.29, 0.717) is 18.8 Å². The molecule has 5 nitrogen and oxygen atoms in total. The van der Waals surface area contributed by atoms with E-state index in [9.17, 15) is 4.79 Å². The third-order valence-electron chi connectivity index (χ3n) is 6.60. The van der Waals surface area contributed by atoms with Crippen LogP contribution in [0.1, 0.15) is 21.7 Å². The van der Waals surface area contributed by atoms with Gasteiger partial charge in [0.2, 0.25) is 0 Å². The van der Waals surface area contributed by atoms with Crippen LogP contribution in [0.4, 0.5) is 0 Å². The number of benzene rings is 3. The van der Waals surface area contributed by atoms with Gasteiger partial charge in [0, 0.05) is 53.5 Å². The van der Waals surface area contributed by atoms with Crippen molar-refractivity contribution < 1.29 is 4.79 Å². The predicted molar refractivity (Wildman–Crippen MR) is 145 cm³/mol. The van der Waals surface area contributed by atoms with Crippen LogP contribution in [0.15, 0.2) is 89.4 Å². The van der Waals surface area contributed by atoms with E-state index in [-0.39, 0.29) is 11.9 Å². The zero-order chi connectivity index (χ0) is 24.2. The maximum absolute atomic E-state index is 14.2. The third kappa shape index (κ3) is 4.96. The first kappa shape index (κ1) is 23.5. The van der Waals surface area contributed by atoms with Crippen molar-refractivity contribution >= 4 is 21.8 Å². The Balaban J connectivity index is 1.61. The van der Waals surface area contributed by atoms with Crippen LogP contribution in [0.5, 0.6) is 0 Å². The van der Waals surface area contributed by atoms with Crippen LogP contribution in [0, 0.1) is 0 Å². The summed E-state index contributed by atoms with van der Waals surface area (Å²) in [7, 11) is 0. The van der Waals surface area contributed by atoms with E-state index in [4.69, 9.17) is 5.73 Å². The monoisotopic (exact) mass is 528 g/mol. The molecule has 1 aromatic heterocycles. The first-order valence-electron chi connectivity index (χ1n) is 12.0. The highest BCUT2D eigenvalue weighted by molar-refractivity contribution is 9.10. The lowest BCUT2D eigenvalue weighted by atomic mass is 9.94. The molecule has 6 heteroatoms. The van der Waals surface area contributed by atoms with Crippen molar-refractivity contribution in [3.8, 4) is 22.3 Å². The summed E-state index contributed by atoms with van der Waals surface area (Å²) < 4.78 is 0.982. The summed E-state index contributed by atoms with van der Waals surface area (Å²) in [4.78, 5) is 19.7. The number of piperazine rings is 1. The van der Waals surface area contributed by atoms with E-state index >= 15 is 0 Å². The number of carbonyl (C=O) groups excluding carboxylic acids is 1. The second kappa shape index (κ2) is 10.6. The van der Waals surface area contributed by atoms with Crippen molar-refractivity contribution in [2.24, 2.45) is 5.73 Å². The minimum Gasteiger partial charge on any atom is -0.352 e. The molecule has 3 aromatic carbocycles. The zero-order valence-electron chi connectivity index (χ0n) is 19.5. The smallest absolute Gasteiger partial charge is 0.271 e. The van der Waals surface area contributed by atoms with Crippen molar-refractivity contribution in [1.29, 1.82) is 0 Å². The van der Waals surface area contributed by atoms with Gasteiger partial charge in [-0.15, -0.1) is 0 Å². The fraction of sp³-hybridized carbons (Fsp3) is 0.207. The molecule has 0 aliphatic carbocycles. The highest BCUT2D eigenvalue weighted by atomic mass is 79.9. The number of hydrogen-bond donors (Lipinski definition) is 3. The number of hydrogen-bond acceptors (Lipinski definition) is 3. The molecule has 1 saturated heterocycles. The fourth-order valence-corrected chi connectivity index (χ4v) is 5.36. The van der Waals surface area contributed by atoms with Gasteiger partial charge in [-0.25, -0.2) is 0 Å². The van der Waals surface area contributed by atoms with Crippen LogP contribution >= 0.6 is 15.9 Å².